The van der Waals surface area contributed by atoms with Gasteiger partial charge in [0.2, 0.25) is 5.91 Å². The van der Waals surface area contributed by atoms with E-state index in [-0.39, 0.29) is 18.5 Å². The van der Waals surface area contributed by atoms with E-state index >= 15 is 0 Å². The summed E-state index contributed by atoms with van der Waals surface area (Å²) in [7, 11) is 0. The van der Waals surface area contributed by atoms with Gasteiger partial charge in [0.15, 0.2) is 0 Å². The third-order valence-corrected chi connectivity index (χ3v) is 4.70. The summed E-state index contributed by atoms with van der Waals surface area (Å²) >= 11 is 1.84. The maximum Gasteiger partial charge on any atom is 0.324 e. The molecule has 1 aromatic heterocycles. The maximum atomic E-state index is 11.4. The topological polar surface area (TPSA) is 52.7 Å². The molecule has 1 aromatic rings. The van der Waals surface area contributed by atoms with Gasteiger partial charge in [-0.1, -0.05) is 0 Å². The molecule has 102 valence electrons. The standard InChI is InChI=1S/C13H17N3O2S/c17-12-8-14-13(18)16(12)5-1-4-15-6-2-11-10(9-15)3-7-19-11/h3,7H,1-2,4-6,8-9H2,(H,14,18). The van der Waals surface area contributed by atoms with Crippen molar-refractivity contribution >= 4 is 23.3 Å². The number of thiophene rings is 1. The Kier molecular flexibility index (Phi) is 3.52. The molecule has 1 N–H and O–H groups in total. The van der Waals surface area contributed by atoms with Crippen LogP contribution in [0.2, 0.25) is 0 Å². The highest BCUT2D eigenvalue weighted by Crippen LogP contribution is 2.23. The predicted octanol–water partition coefficient (Wildman–Crippen LogP) is 1.05. The molecule has 0 radical (unpaired) electrons. The van der Waals surface area contributed by atoms with Crippen LogP contribution in [-0.4, -0.2) is 47.9 Å². The minimum absolute atomic E-state index is 0.108. The first kappa shape index (κ1) is 12.6. The van der Waals surface area contributed by atoms with Crippen LogP contribution in [0.1, 0.15) is 16.9 Å². The lowest BCUT2D eigenvalue weighted by Gasteiger charge is -2.27. The lowest BCUT2D eigenvalue weighted by molar-refractivity contribution is -0.125. The minimum atomic E-state index is -0.247. The largest absolute Gasteiger partial charge is 0.329 e. The zero-order valence-corrected chi connectivity index (χ0v) is 11.5. The molecule has 0 spiro atoms. The van der Waals surface area contributed by atoms with E-state index in [0.29, 0.717) is 6.54 Å². The minimum Gasteiger partial charge on any atom is -0.329 e. The fourth-order valence-electron chi connectivity index (χ4n) is 2.63. The molecule has 1 fully saturated rings. The second-order valence-electron chi connectivity index (χ2n) is 4.95. The molecule has 3 amide bonds. The summed E-state index contributed by atoms with van der Waals surface area (Å²) in [6, 6.07) is 1.95. The van der Waals surface area contributed by atoms with Crippen molar-refractivity contribution in [3.8, 4) is 0 Å². The van der Waals surface area contributed by atoms with Crippen LogP contribution in [0.4, 0.5) is 4.79 Å². The molecular formula is C13H17N3O2S. The number of rotatable bonds is 4. The monoisotopic (exact) mass is 279 g/mol. The van der Waals surface area contributed by atoms with E-state index < -0.39 is 0 Å². The molecule has 1 saturated heterocycles. The van der Waals surface area contributed by atoms with E-state index in [1.807, 2.05) is 11.3 Å². The molecule has 0 atom stereocenters. The van der Waals surface area contributed by atoms with Crippen LogP contribution in [0.15, 0.2) is 11.4 Å². The molecule has 0 saturated carbocycles. The van der Waals surface area contributed by atoms with Crippen LogP contribution in [0.5, 0.6) is 0 Å². The van der Waals surface area contributed by atoms with Crippen LogP contribution in [0, 0.1) is 0 Å². The Morgan fingerprint density at radius 3 is 3.00 bits per heavy atom. The van der Waals surface area contributed by atoms with Crippen molar-refractivity contribution in [2.75, 3.05) is 26.2 Å². The number of nitrogens with one attached hydrogen (secondary N) is 1. The normalized spacial score (nSPS) is 19.7. The Hall–Kier alpha value is -1.40. The number of nitrogens with zero attached hydrogens (tertiary/aromatic N) is 2. The number of carbonyl (C=O) groups excluding carboxylic acids is 2. The van der Waals surface area contributed by atoms with Gasteiger partial charge in [-0.25, -0.2) is 4.79 Å². The summed E-state index contributed by atoms with van der Waals surface area (Å²) in [6.07, 6.45) is 1.97. The lowest BCUT2D eigenvalue weighted by atomic mass is 10.1. The van der Waals surface area contributed by atoms with Gasteiger partial charge >= 0.3 is 6.03 Å². The molecular weight excluding hydrogens is 262 g/mol. The molecule has 0 bridgehead atoms. The molecule has 2 aliphatic rings. The van der Waals surface area contributed by atoms with Crippen molar-refractivity contribution in [2.45, 2.75) is 19.4 Å². The number of carbonyl (C=O) groups is 2. The predicted molar refractivity (Wildman–Crippen MR) is 73.0 cm³/mol. The second-order valence-corrected chi connectivity index (χ2v) is 5.95. The highest BCUT2D eigenvalue weighted by molar-refractivity contribution is 7.10. The first-order chi connectivity index (χ1) is 9.24. The SMILES string of the molecule is O=C1CNC(=O)N1CCCN1CCc2sccc2C1. The molecule has 0 aliphatic carbocycles. The summed E-state index contributed by atoms with van der Waals surface area (Å²) in [4.78, 5) is 28.0. The highest BCUT2D eigenvalue weighted by Gasteiger charge is 2.27. The van der Waals surface area contributed by atoms with E-state index in [1.54, 1.807) is 0 Å². The van der Waals surface area contributed by atoms with Crippen LogP contribution in [0.25, 0.3) is 0 Å². The average Bonchev–Trinajstić information content (AvgIpc) is 2.99. The first-order valence-electron chi connectivity index (χ1n) is 6.60. The quantitative estimate of drug-likeness (QED) is 0.838. The van der Waals surface area contributed by atoms with Crippen molar-refractivity contribution in [3.05, 3.63) is 21.9 Å². The first-order valence-corrected chi connectivity index (χ1v) is 7.48. The van der Waals surface area contributed by atoms with E-state index in [1.165, 1.54) is 15.3 Å². The Morgan fingerprint density at radius 2 is 2.21 bits per heavy atom. The summed E-state index contributed by atoms with van der Waals surface area (Å²) < 4.78 is 0. The number of urea groups is 1. The fraction of sp³-hybridized carbons (Fsp3) is 0.538. The number of hydrogen-bond donors (Lipinski definition) is 1. The Morgan fingerprint density at radius 1 is 1.32 bits per heavy atom. The molecule has 5 nitrogen and oxygen atoms in total. The molecule has 6 heteroatoms. The zero-order valence-electron chi connectivity index (χ0n) is 10.7. The summed E-state index contributed by atoms with van der Waals surface area (Å²) in [6.45, 7) is 3.69. The van der Waals surface area contributed by atoms with Crippen molar-refractivity contribution in [1.82, 2.24) is 15.1 Å². The smallest absolute Gasteiger partial charge is 0.324 e. The Balaban J connectivity index is 1.46. The zero-order chi connectivity index (χ0) is 13.2. The van der Waals surface area contributed by atoms with E-state index in [4.69, 9.17) is 0 Å². The molecule has 19 heavy (non-hydrogen) atoms. The summed E-state index contributed by atoms with van der Waals surface area (Å²) in [5.41, 5.74) is 1.44. The summed E-state index contributed by atoms with van der Waals surface area (Å²) in [5, 5.41) is 4.70. The van der Waals surface area contributed by atoms with Crippen molar-refractivity contribution in [2.24, 2.45) is 0 Å². The van der Waals surface area contributed by atoms with Crippen molar-refractivity contribution in [3.63, 3.8) is 0 Å². The van der Waals surface area contributed by atoms with Gasteiger partial charge in [0, 0.05) is 31.1 Å². The Bertz CT molecular complexity index is 484. The Labute approximate surface area is 116 Å². The van der Waals surface area contributed by atoms with Gasteiger partial charge in [-0.2, -0.15) is 0 Å². The molecule has 3 heterocycles. The number of hydrogen-bond acceptors (Lipinski definition) is 4. The van der Waals surface area contributed by atoms with Gasteiger partial charge in [-0.3, -0.25) is 14.6 Å². The van der Waals surface area contributed by atoms with Crippen LogP contribution in [-0.2, 0) is 17.8 Å². The van der Waals surface area contributed by atoms with Crippen LogP contribution >= 0.6 is 11.3 Å². The van der Waals surface area contributed by atoms with Gasteiger partial charge < -0.3 is 5.32 Å². The number of fused-ring (bicyclic) bond motifs is 1. The van der Waals surface area contributed by atoms with Gasteiger partial charge in [0.05, 0.1) is 6.54 Å². The highest BCUT2D eigenvalue weighted by atomic mass is 32.1. The third-order valence-electron chi connectivity index (χ3n) is 3.68. The molecule has 0 aromatic carbocycles. The van der Waals surface area contributed by atoms with E-state index in [2.05, 4.69) is 21.7 Å². The molecule has 0 unspecified atom stereocenters. The fourth-order valence-corrected chi connectivity index (χ4v) is 3.52. The van der Waals surface area contributed by atoms with E-state index in [0.717, 1.165) is 32.5 Å². The summed E-state index contributed by atoms with van der Waals surface area (Å²) in [5.74, 6) is -0.108. The van der Waals surface area contributed by atoms with Gasteiger partial charge in [-0.05, 0) is 29.9 Å². The molecule has 3 rings (SSSR count). The van der Waals surface area contributed by atoms with Crippen molar-refractivity contribution in [1.29, 1.82) is 0 Å². The van der Waals surface area contributed by atoms with Gasteiger partial charge in [0.25, 0.3) is 0 Å². The molecule has 2 aliphatic heterocycles. The maximum absolute atomic E-state index is 11.4. The lowest BCUT2D eigenvalue weighted by Crippen LogP contribution is -2.35. The average molecular weight is 279 g/mol. The second kappa shape index (κ2) is 5.30. The van der Waals surface area contributed by atoms with Gasteiger partial charge in [0.1, 0.15) is 0 Å². The van der Waals surface area contributed by atoms with Crippen LogP contribution in [0.3, 0.4) is 0 Å². The van der Waals surface area contributed by atoms with Gasteiger partial charge in [-0.15, -0.1) is 11.3 Å². The van der Waals surface area contributed by atoms with Crippen molar-refractivity contribution < 1.29 is 9.59 Å². The third kappa shape index (κ3) is 2.64. The van der Waals surface area contributed by atoms with Crippen LogP contribution < -0.4 is 5.32 Å². The van der Waals surface area contributed by atoms with E-state index in [9.17, 15) is 9.59 Å². The number of amides is 3. The number of imide groups is 1.